The summed E-state index contributed by atoms with van der Waals surface area (Å²) in [4.78, 5) is 20.4. The number of rotatable bonds is 6. The molecule has 2 aliphatic carbocycles. The van der Waals surface area contributed by atoms with Crippen LogP contribution >= 0.6 is 0 Å². The van der Waals surface area contributed by atoms with Crippen LogP contribution in [-0.2, 0) is 22.5 Å². The predicted molar refractivity (Wildman–Crippen MR) is 118 cm³/mol. The van der Waals surface area contributed by atoms with Crippen LogP contribution in [0, 0.1) is 13.8 Å². The van der Waals surface area contributed by atoms with Crippen molar-refractivity contribution in [3.05, 3.63) is 70.3 Å². The van der Waals surface area contributed by atoms with Gasteiger partial charge in [-0.05, 0) is 75.6 Å². The molecule has 0 spiro atoms. The first-order valence-corrected chi connectivity index (χ1v) is 10.6. The Labute approximate surface area is 177 Å². The van der Waals surface area contributed by atoms with Gasteiger partial charge in [-0.15, -0.1) is 0 Å². The quantitative estimate of drug-likeness (QED) is 0.526. The minimum Gasteiger partial charge on any atom is -0.391 e. The largest absolute Gasteiger partial charge is 0.391 e. The molecule has 6 nitrogen and oxygen atoms in total. The zero-order valence-corrected chi connectivity index (χ0v) is 17.8. The summed E-state index contributed by atoms with van der Waals surface area (Å²) in [5.74, 6) is 0. The van der Waals surface area contributed by atoms with Crippen LogP contribution in [0.15, 0.2) is 46.7 Å². The lowest BCUT2D eigenvalue weighted by atomic mass is 9.94. The maximum Gasteiger partial charge on any atom is 0.141 e. The van der Waals surface area contributed by atoms with Crippen molar-refractivity contribution in [3.8, 4) is 0 Å². The standard InChI is InChI=1S/C24H28N4O2/c1-16(14-29-27-21-8-4-6-19-12-10-17(2)25-23(19)21)15-30-28-22-9-5-7-20-13-11-18(3)26-24(20)22/h10-13H,1,4-9,14-15H2,2-3H3. The molecule has 0 aromatic carbocycles. The third kappa shape index (κ3) is 4.75. The molecule has 0 aliphatic heterocycles. The van der Waals surface area contributed by atoms with E-state index < -0.39 is 0 Å². The lowest BCUT2D eigenvalue weighted by Gasteiger charge is -2.17. The van der Waals surface area contributed by atoms with Crippen LogP contribution in [0.1, 0.15) is 59.6 Å². The zero-order chi connectivity index (χ0) is 20.9. The van der Waals surface area contributed by atoms with Crippen molar-refractivity contribution in [2.24, 2.45) is 10.3 Å². The fraction of sp³-hybridized carbons (Fsp3) is 0.417. The highest BCUT2D eigenvalue weighted by molar-refractivity contribution is 6.01. The maximum atomic E-state index is 5.55. The molecule has 0 saturated carbocycles. The highest BCUT2D eigenvalue weighted by Gasteiger charge is 2.19. The molecule has 0 bridgehead atoms. The highest BCUT2D eigenvalue weighted by Crippen LogP contribution is 2.22. The van der Waals surface area contributed by atoms with Crippen LogP contribution < -0.4 is 0 Å². The van der Waals surface area contributed by atoms with Crippen LogP contribution in [0.2, 0.25) is 0 Å². The molecule has 2 aliphatic rings. The van der Waals surface area contributed by atoms with Crippen LogP contribution in [0.25, 0.3) is 0 Å². The summed E-state index contributed by atoms with van der Waals surface area (Å²) in [5, 5.41) is 8.67. The molecule has 156 valence electrons. The summed E-state index contributed by atoms with van der Waals surface area (Å²) in [5.41, 5.74) is 9.01. The minimum absolute atomic E-state index is 0.295. The van der Waals surface area contributed by atoms with Crippen molar-refractivity contribution in [3.63, 3.8) is 0 Å². The monoisotopic (exact) mass is 404 g/mol. The first-order chi connectivity index (χ1) is 14.6. The van der Waals surface area contributed by atoms with E-state index >= 15 is 0 Å². The Morgan fingerprint density at radius 3 is 1.73 bits per heavy atom. The molecule has 0 fully saturated rings. The summed E-state index contributed by atoms with van der Waals surface area (Å²) in [7, 11) is 0. The van der Waals surface area contributed by atoms with Gasteiger partial charge in [0.1, 0.15) is 24.6 Å². The van der Waals surface area contributed by atoms with E-state index in [1.165, 1.54) is 11.1 Å². The number of oxime groups is 2. The van der Waals surface area contributed by atoms with Crippen molar-refractivity contribution in [2.45, 2.75) is 52.4 Å². The molecule has 0 atom stereocenters. The lowest BCUT2D eigenvalue weighted by molar-refractivity contribution is 0.128. The number of nitrogens with zero attached hydrogens (tertiary/aromatic N) is 4. The summed E-state index contributed by atoms with van der Waals surface area (Å²) >= 11 is 0. The van der Waals surface area contributed by atoms with Crippen molar-refractivity contribution in [1.82, 2.24) is 9.97 Å². The molecule has 0 radical (unpaired) electrons. The summed E-state index contributed by atoms with van der Waals surface area (Å²) in [6.07, 6.45) is 5.98. The van der Waals surface area contributed by atoms with E-state index in [4.69, 9.17) is 9.68 Å². The van der Waals surface area contributed by atoms with Gasteiger partial charge in [-0.3, -0.25) is 9.97 Å². The summed E-state index contributed by atoms with van der Waals surface area (Å²) in [6.45, 7) is 8.60. The molecule has 0 unspecified atom stereocenters. The Morgan fingerprint density at radius 2 is 1.27 bits per heavy atom. The lowest BCUT2D eigenvalue weighted by Crippen LogP contribution is -2.16. The van der Waals surface area contributed by atoms with E-state index in [1.807, 2.05) is 26.0 Å². The van der Waals surface area contributed by atoms with E-state index in [2.05, 4.69) is 39.0 Å². The first-order valence-electron chi connectivity index (χ1n) is 10.6. The highest BCUT2D eigenvalue weighted by atomic mass is 16.6. The second-order valence-corrected chi connectivity index (χ2v) is 8.00. The molecular weight excluding hydrogens is 376 g/mol. The fourth-order valence-corrected chi connectivity index (χ4v) is 3.83. The number of fused-ring (bicyclic) bond motifs is 2. The van der Waals surface area contributed by atoms with E-state index in [0.29, 0.717) is 13.2 Å². The molecule has 30 heavy (non-hydrogen) atoms. The van der Waals surface area contributed by atoms with Crippen LogP contribution in [0.3, 0.4) is 0 Å². The van der Waals surface area contributed by atoms with E-state index in [0.717, 1.165) is 78.3 Å². The van der Waals surface area contributed by atoms with E-state index in [-0.39, 0.29) is 0 Å². The summed E-state index contributed by atoms with van der Waals surface area (Å²) in [6, 6.07) is 8.37. The Hall–Kier alpha value is -3.02. The molecule has 2 heterocycles. The van der Waals surface area contributed by atoms with E-state index in [9.17, 15) is 0 Å². The number of pyridine rings is 2. The predicted octanol–water partition coefficient (Wildman–Crippen LogP) is 4.46. The van der Waals surface area contributed by atoms with Gasteiger partial charge in [0.05, 0.1) is 11.4 Å². The zero-order valence-electron chi connectivity index (χ0n) is 17.8. The SMILES string of the molecule is C=C(CON=C1CCCc2ccc(C)nc21)CON=C1CCCc2ccc(C)nc21. The smallest absolute Gasteiger partial charge is 0.141 e. The molecule has 0 N–H and O–H groups in total. The van der Waals surface area contributed by atoms with Gasteiger partial charge < -0.3 is 9.68 Å². The number of hydrogen-bond donors (Lipinski definition) is 0. The topological polar surface area (TPSA) is 69.0 Å². The van der Waals surface area contributed by atoms with Crippen molar-refractivity contribution >= 4 is 11.4 Å². The third-order valence-corrected chi connectivity index (χ3v) is 5.39. The van der Waals surface area contributed by atoms with Crippen molar-refractivity contribution in [2.75, 3.05) is 13.2 Å². The second kappa shape index (κ2) is 9.20. The van der Waals surface area contributed by atoms with Gasteiger partial charge in [-0.1, -0.05) is 29.0 Å². The molecule has 4 rings (SSSR count). The van der Waals surface area contributed by atoms with Gasteiger partial charge >= 0.3 is 0 Å². The van der Waals surface area contributed by atoms with Crippen LogP contribution in [-0.4, -0.2) is 34.6 Å². The molecular formula is C24H28N4O2. The van der Waals surface area contributed by atoms with Crippen molar-refractivity contribution < 1.29 is 9.68 Å². The van der Waals surface area contributed by atoms with E-state index in [1.54, 1.807) is 0 Å². The Bertz CT molecular complexity index is 931. The molecule has 2 aromatic heterocycles. The normalized spacial score (nSPS) is 18.1. The van der Waals surface area contributed by atoms with Crippen LogP contribution in [0.5, 0.6) is 0 Å². The first kappa shape index (κ1) is 20.3. The van der Waals surface area contributed by atoms with Gasteiger partial charge in [0.2, 0.25) is 0 Å². The number of aryl methyl sites for hydroxylation is 4. The fourth-order valence-electron chi connectivity index (χ4n) is 3.83. The van der Waals surface area contributed by atoms with Gasteiger partial charge in [-0.25, -0.2) is 0 Å². The second-order valence-electron chi connectivity index (χ2n) is 8.00. The van der Waals surface area contributed by atoms with Crippen LogP contribution in [0.4, 0.5) is 0 Å². The minimum atomic E-state index is 0.295. The summed E-state index contributed by atoms with van der Waals surface area (Å²) < 4.78 is 0. The molecule has 0 saturated heterocycles. The number of aromatic nitrogens is 2. The van der Waals surface area contributed by atoms with Gasteiger partial charge in [-0.2, -0.15) is 0 Å². The van der Waals surface area contributed by atoms with Gasteiger partial charge in [0, 0.05) is 17.0 Å². The third-order valence-electron chi connectivity index (χ3n) is 5.39. The van der Waals surface area contributed by atoms with Gasteiger partial charge in [0.15, 0.2) is 0 Å². The Balaban J connectivity index is 1.31. The molecule has 2 aromatic rings. The van der Waals surface area contributed by atoms with Gasteiger partial charge in [0.25, 0.3) is 0 Å². The molecule has 6 heteroatoms. The average molecular weight is 405 g/mol. The van der Waals surface area contributed by atoms with Crippen molar-refractivity contribution in [1.29, 1.82) is 0 Å². The Kier molecular flexibility index (Phi) is 6.21. The average Bonchev–Trinajstić information content (AvgIpc) is 2.74. The number of hydrogen-bond acceptors (Lipinski definition) is 6. The maximum absolute atomic E-state index is 5.55. The molecule has 0 amide bonds. The Morgan fingerprint density at radius 1 is 0.800 bits per heavy atom.